The van der Waals surface area contributed by atoms with Gasteiger partial charge in [-0.05, 0) is 30.4 Å². The highest BCUT2D eigenvalue weighted by atomic mass is 35.5. The first-order valence-corrected chi connectivity index (χ1v) is 6.94. The van der Waals surface area contributed by atoms with Gasteiger partial charge >= 0.3 is 0 Å². The quantitative estimate of drug-likeness (QED) is 0.457. The van der Waals surface area contributed by atoms with Crippen molar-refractivity contribution in [3.8, 4) is 0 Å². The highest BCUT2D eigenvalue weighted by Crippen LogP contribution is 2.39. The van der Waals surface area contributed by atoms with Crippen LogP contribution >= 0.6 is 36.4 Å². The molecule has 1 unspecified atom stereocenters. The van der Waals surface area contributed by atoms with Gasteiger partial charge in [-0.1, -0.05) is 12.1 Å². The van der Waals surface area contributed by atoms with Crippen molar-refractivity contribution in [1.29, 1.82) is 0 Å². The van der Waals surface area contributed by atoms with Crippen LogP contribution in [0.2, 0.25) is 0 Å². The molecule has 2 bridgehead atoms. The Morgan fingerprint density at radius 3 is 2.52 bits per heavy atom. The van der Waals surface area contributed by atoms with Gasteiger partial charge in [-0.2, -0.15) is 0 Å². The van der Waals surface area contributed by atoms with Gasteiger partial charge in [0.1, 0.15) is 0 Å². The molecule has 7 heteroatoms. The van der Waals surface area contributed by atoms with Crippen LogP contribution < -0.4 is 0 Å². The summed E-state index contributed by atoms with van der Waals surface area (Å²) in [5, 5.41) is 10.8. The van der Waals surface area contributed by atoms with E-state index in [2.05, 4.69) is 4.90 Å². The molecule has 0 spiro atoms. The molecule has 1 atom stereocenters. The average Bonchev–Trinajstić information content (AvgIpc) is 2.43. The number of piperidine rings is 3. The van der Waals surface area contributed by atoms with Crippen LogP contribution in [0.25, 0.3) is 6.08 Å². The molecule has 3 heterocycles. The molecule has 4 rings (SSSR count). The molecule has 3 aliphatic rings. The second-order valence-corrected chi connectivity index (χ2v) is 5.62. The lowest BCUT2D eigenvalue weighted by Gasteiger charge is -2.45. The summed E-state index contributed by atoms with van der Waals surface area (Å²) < 4.78 is 0. The van der Waals surface area contributed by atoms with E-state index in [1.807, 2.05) is 12.1 Å². The third kappa shape index (κ3) is 3.62. The minimum Gasteiger partial charge on any atom is -0.374 e. The summed E-state index contributed by atoms with van der Waals surface area (Å²) >= 11 is 6.49. The SMILES string of the molecule is Cl.Cl.O=[N+]([O-])c1cccc(/C=C2/C(Cl)C3CCN2CC3)c1. The summed E-state index contributed by atoms with van der Waals surface area (Å²) in [5.41, 5.74) is 2.09. The summed E-state index contributed by atoms with van der Waals surface area (Å²) in [7, 11) is 0. The number of nitrogens with zero attached hydrogens (tertiary/aromatic N) is 2. The summed E-state index contributed by atoms with van der Waals surface area (Å²) in [6.45, 7) is 2.10. The number of halogens is 3. The van der Waals surface area contributed by atoms with Crippen molar-refractivity contribution in [2.75, 3.05) is 13.1 Å². The van der Waals surface area contributed by atoms with Gasteiger partial charge in [0.05, 0.1) is 10.3 Å². The molecule has 0 saturated carbocycles. The molecule has 21 heavy (non-hydrogen) atoms. The van der Waals surface area contributed by atoms with Crippen molar-refractivity contribution in [3.05, 3.63) is 45.6 Å². The lowest BCUT2D eigenvalue weighted by atomic mass is 9.85. The van der Waals surface area contributed by atoms with E-state index >= 15 is 0 Å². The third-order valence-electron chi connectivity index (χ3n) is 4.00. The zero-order chi connectivity index (χ0) is 13.4. The molecule has 0 aliphatic carbocycles. The Hall–Kier alpha value is -0.970. The number of fused-ring (bicyclic) bond motifs is 3. The Balaban J connectivity index is 0.00000110. The number of non-ortho nitro benzene ring substituents is 1. The molecule has 0 aromatic heterocycles. The fourth-order valence-electron chi connectivity index (χ4n) is 2.94. The molecule has 0 N–H and O–H groups in total. The Morgan fingerprint density at radius 1 is 1.29 bits per heavy atom. The molecule has 4 nitrogen and oxygen atoms in total. The van der Waals surface area contributed by atoms with E-state index in [-0.39, 0.29) is 40.8 Å². The smallest absolute Gasteiger partial charge is 0.270 e. The molecule has 116 valence electrons. The lowest BCUT2D eigenvalue weighted by Crippen LogP contribution is -2.46. The number of hydrogen-bond donors (Lipinski definition) is 0. The van der Waals surface area contributed by atoms with E-state index in [9.17, 15) is 10.1 Å². The zero-order valence-electron chi connectivity index (χ0n) is 11.3. The number of alkyl halides is 1. The monoisotopic (exact) mass is 350 g/mol. The van der Waals surface area contributed by atoms with Gasteiger partial charge in [0.15, 0.2) is 0 Å². The van der Waals surface area contributed by atoms with E-state index in [0.29, 0.717) is 5.92 Å². The first-order chi connectivity index (χ1) is 9.15. The topological polar surface area (TPSA) is 46.4 Å². The number of nitro groups is 1. The molecule has 1 aromatic rings. The largest absolute Gasteiger partial charge is 0.374 e. The molecular weight excluding hydrogens is 335 g/mol. The van der Waals surface area contributed by atoms with Gasteiger partial charge in [0.25, 0.3) is 5.69 Å². The van der Waals surface area contributed by atoms with Crippen LogP contribution in [0.1, 0.15) is 18.4 Å². The van der Waals surface area contributed by atoms with Crippen LogP contribution in [-0.4, -0.2) is 28.3 Å². The first-order valence-electron chi connectivity index (χ1n) is 6.50. The predicted molar refractivity (Wildman–Crippen MR) is 89.5 cm³/mol. The Bertz CT molecular complexity index is 539. The predicted octanol–water partition coefficient (Wildman–Crippen LogP) is 4.11. The van der Waals surface area contributed by atoms with E-state index in [1.54, 1.807) is 12.1 Å². The number of benzene rings is 1. The lowest BCUT2D eigenvalue weighted by molar-refractivity contribution is -0.384. The molecule has 3 saturated heterocycles. The van der Waals surface area contributed by atoms with Gasteiger partial charge < -0.3 is 4.90 Å². The van der Waals surface area contributed by atoms with Crippen molar-refractivity contribution >= 4 is 48.2 Å². The number of rotatable bonds is 2. The van der Waals surface area contributed by atoms with Gasteiger partial charge in [-0.15, -0.1) is 36.4 Å². The Labute approximate surface area is 141 Å². The summed E-state index contributed by atoms with van der Waals surface area (Å²) in [4.78, 5) is 12.7. The van der Waals surface area contributed by atoms with Crippen LogP contribution in [0.5, 0.6) is 0 Å². The van der Waals surface area contributed by atoms with Crippen LogP contribution in [0.3, 0.4) is 0 Å². The van der Waals surface area contributed by atoms with Gasteiger partial charge in [0, 0.05) is 30.9 Å². The average molecular weight is 352 g/mol. The minimum atomic E-state index is -0.368. The van der Waals surface area contributed by atoms with Gasteiger partial charge in [-0.3, -0.25) is 10.1 Å². The highest BCUT2D eigenvalue weighted by Gasteiger charge is 2.36. The molecular formula is C14H17Cl3N2O2. The maximum atomic E-state index is 10.8. The molecule has 0 amide bonds. The molecule has 3 fully saturated rings. The number of nitro benzene ring substituents is 1. The fourth-order valence-corrected chi connectivity index (χ4v) is 3.39. The maximum Gasteiger partial charge on any atom is 0.270 e. The van der Waals surface area contributed by atoms with Crippen molar-refractivity contribution in [1.82, 2.24) is 4.90 Å². The van der Waals surface area contributed by atoms with Gasteiger partial charge in [-0.25, -0.2) is 0 Å². The van der Waals surface area contributed by atoms with E-state index in [4.69, 9.17) is 11.6 Å². The van der Waals surface area contributed by atoms with E-state index in [1.165, 1.54) is 6.07 Å². The minimum absolute atomic E-state index is 0. The molecule has 0 radical (unpaired) electrons. The second kappa shape index (κ2) is 7.34. The van der Waals surface area contributed by atoms with Crippen LogP contribution in [0, 0.1) is 16.0 Å². The van der Waals surface area contributed by atoms with Crippen molar-refractivity contribution < 1.29 is 4.92 Å². The van der Waals surface area contributed by atoms with E-state index in [0.717, 1.165) is 37.2 Å². The Morgan fingerprint density at radius 2 is 1.95 bits per heavy atom. The first kappa shape index (κ1) is 18.1. The number of hydrogen-bond acceptors (Lipinski definition) is 3. The van der Waals surface area contributed by atoms with Gasteiger partial charge in [0.2, 0.25) is 0 Å². The molecule has 1 aromatic carbocycles. The maximum absolute atomic E-state index is 10.8. The Kier molecular flexibility index (Phi) is 6.32. The standard InChI is InChI=1S/C14H15ClN2O2.2ClH/c15-14-11-4-6-16(7-5-11)13(14)9-10-2-1-3-12(8-10)17(18)19;;/h1-3,8-9,11,14H,4-7H2;2*1H/b13-9-;;. The third-order valence-corrected chi connectivity index (χ3v) is 4.58. The van der Waals surface area contributed by atoms with Crippen molar-refractivity contribution in [2.24, 2.45) is 5.92 Å². The second-order valence-electron chi connectivity index (χ2n) is 5.15. The van der Waals surface area contributed by atoms with Crippen molar-refractivity contribution in [3.63, 3.8) is 0 Å². The van der Waals surface area contributed by atoms with Crippen molar-refractivity contribution in [2.45, 2.75) is 18.2 Å². The summed E-state index contributed by atoms with van der Waals surface area (Å²) in [5.74, 6) is 0.552. The van der Waals surface area contributed by atoms with Crippen LogP contribution in [-0.2, 0) is 0 Å². The van der Waals surface area contributed by atoms with Crippen LogP contribution in [0.4, 0.5) is 5.69 Å². The summed E-state index contributed by atoms with van der Waals surface area (Å²) in [6.07, 6.45) is 4.30. The zero-order valence-corrected chi connectivity index (χ0v) is 13.7. The number of allylic oxidation sites excluding steroid dienone is 1. The molecule has 3 aliphatic heterocycles. The fraction of sp³-hybridized carbons (Fsp3) is 0.429. The van der Waals surface area contributed by atoms with E-state index < -0.39 is 0 Å². The highest BCUT2D eigenvalue weighted by molar-refractivity contribution is 6.23. The normalized spacial score (nSPS) is 25.2. The summed E-state index contributed by atoms with van der Waals surface area (Å²) in [6, 6.07) is 6.70. The van der Waals surface area contributed by atoms with Crippen LogP contribution in [0.15, 0.2) is 30.0 Å².